The normalized spacial score (nSPS) is 15.9. The van der Waals surface area contributed by atoms with Gasteiger partial charge >= 0.3 is 0 Å². The monoisotopic (exact) mass is 433 g/mol. The number of rotatable bonds is 12. The zero-order chi connectivity index (χ0) is 22.5. The van der Waals surface area contributed by atoms with Crippen molar-refractivity contribution in [2.75, 3.05) is 65.6 Å². The Hall–Kier alpha value is -1.83. The van der Waals surface area contributed by atoms with Crippen LogP contribution in [0.5, 0.6) is 5.75 Å². The van der Waals surface area contributed by atoms with Crippen LogP contribution in [-0.2, 0) is 11.3 Å². The van der Waals surface area contributed by atoms with Gasteiger partial charge in [-0.3, -0.25) is 4.90 Å². The van der Waals surface area contributed by atoms with E-state index in [-0.39, 0.29) is 5.54 Å². The summed E-state index contributed by atoms with van der Waals surface area (Å²) in [5.41, 5.74) is 1.14. The Labute approximate surface area is 189 Å². The Kier molecular flexibility index (Phi) is 11.1. The minimum Gasteiger partial charge on any atom is -0.492 e. The number of hydrogen-bond donors (Lipinski definition) is 2. The molecule has 31 heavy (non-hydrogen) atoms. The van der Waals surface area contributed by atoms with Crippen LogP contribution < -0.4 is 15.4 Å². The molecule has 0 aromatic heterocycles. The average Bonchev–Trinajstić information content (AvgIpc) is 2.80. The predicted molar refractivity (Wildman–Crippen MR) is 129 cm³/mol. The maximum Gasteiger partial charge on any atom is 0.191 e. The Balaban J connectivity index is 1.95. The summed E-state index contributed by atoms with van der Waals surface area (Å²) >= 11 is 0. The van der Waals surface area contributed by atoms with Gasteiger partial charge in [-0.05, 0) is 39.9 Å². The number of benzene rings is 1. The van der Waals surface area contributed by atoms with Crippen molar-refractivity contribution in [2.45, 2.75) is 46.7 Å². The highest BCUT2D eigenvalue weighted by atomic mass is 16.5. The molecule has 0 spiro atoms. The highest BCUT2D eigenvalue weighted by Crippen LogP contribution is 2.19. The van der Waals surface area contributed by atoms with E-state index in [1.807, 2.05) is 18.2 Å². The van der Waals surface area contributed by atoms with Gasteiger partial charge < -0.3 is 25.0 Å². The molecule has 1 aliphatic heterocycles. The molecule has 176 valence electrons. The maximum atomic E-state index is 6.09. The van der Waals surface area contributed by atoms with Gasteiger partial charge in [-0.25, -0.2) is 4.99 Å². The first-order valence-electron chi connectivity index (χ1n) is 11.8. The second kappa shape index (κ2) is 13.6. The number of likely N-dealkylation sites (N-methyl/N-ethyl adjacent to an activating group) is 1. The molecule has 0 atom stereocenters. The minimum absolute atomic E-state index is 0.0332. The van der Waals surface area contributed by atoms with Crippen molar-refractivity contribution < 1.29 is 9.47 Å². The zero-order valence-electron chi connectivity index (χ0n) is 20.2. The molecule has 7 nitrogen and oxygen atoms in total. The fourth-order valence-electron chi connectivity index (χ4n) is 3.69. The fourth-order valence-corrected chi connectivity index (χ4v) is 3.69. The number of ether oxygens (including phenoxy) is 2. The molecule has 1 aromatic rings. The lowest BCUT2D eigenvalue weighted by molar-refractivity contribution is -0.00834. The number of nitrogens with one attached hydrogen (secondary N) is 2. The number of morpholine rings is 1. The van der Waals surface area contributed by atoms with E-state index in [1.165, 1.54) is 0 Å². The van der Waals surface area contributed by atoms with Crippen LogP contribution in [0.15, 0.2) is 29.3 Å². The molecule has 2 N–H and O–H groups in total. The molecular weight excluding hydrogens is 390 g/mol. The van der Waals surface area contributed by atoms with Gasteiger partial charge in [-0.15, -0.1) is 0 Å². The Bertz CT molecular complexity index is 655. The third-order valence-corrected chi connectivity index (χ3v) is 5.84. The average molecular weight is 434 g/mol. The summed E-state index contributed by atoms with van der Waals surface area (Å²) in [6.45, 7) is 20.5. The summed E-state index contributed by atoms with van der Waals surface area (Å²) in [6.07, 6.45) is 0. The predicted octanol–water partition coefficient (Wildman–Crippen LogP) is 2.57. The summed E-state index contributed by atoms with van der Waals surface area (Å²) < 4.78 is 11.6. The highest BCUT2D eigenvalue weighted by molar-refractivity contribution is 5.79. The molecule has 1 aromatic carbocycles. The molecule has 1 fully saturated rings. The van der Waals surface area contributed by atoms with E-state index in [1.54, 1.807) is 0 Å². The summed E-state index contributed by atoms with van der Waals surface area (Å²) in [4.78, 5) is 9.67. The molecule has 1 saturated heterocycles. The molecule has 2 rings (SSSR count). The largest absolute Gasteiger partial charge is 0.492 e. The van der Waals surface area contributed by atoms with E-state index < -0.39 is 0 Å². The molecule has 0 unspecified atom stereocenters. The molecular formula is C24H43N5O2. The van der Waals surface area contributed by atoms with Crippen LogP contribution in [0.2, 0.25) is 0 Å². The molecule has 1 heterocycles. The van der Waals surface area contributed by atoms with E-state index in [4.69, 9.17) is 14.5 Å². The molecule has 0 amide bonds. The summed E-state index contributed by atoms with van der Waals surface area (Å²) in [5, 5.41) is 6.90. The molecule has 7 heteroatoms. The summed E-state index contributed by atoms with van der Waals surface area (Å²) in [6, 6.07) is 8.20. The summed E-state index contributed by atoms with van der Waals surface area (Å²) in [7, 11) is 0. The van der Waals surface area contributed by atoms with Crippen molar-refractivity contribution in [2.24, 2.45) is 4.99 Å². The molecule has 0 radical (unpaired) electrons. The van der Waals surface area contributed by atoms with Gasteiger partial charge in [0.2, 0.25) is 0 Å². The third kappa shape index (κ3) is 8.67. The van der Waals surface area contributed by atoms with Gasteiger partial charge in [0.05, 0.1) is 19.8 Å². The van der Waals surface area contributed by atoms with Crippen LogP contribution in [0.25, 0.3) is 0 Å². The van der Waals surface area contributed by atoms with Crippen molar-refractivity contribution in [3.8, 4) is 5.75 Å². The van der Waals surface area contributed by atoms with Crippen molar-refractivity contribution >= 4 is 5.96 Å². The molecule has 0 saturated carbocycles. The van der Waals surface area contributed by atoms with Crippen LogP contribution in [0.4, 0.5) is 0 Å². The standard InChI is InChI=1S/C24H43N5O2/c1-6-25-23(27-20-24(4,5)29-14-16-30-17-15-29)26-19-21-11-9-10-12-22(21)31-18-13-28(7-2)8-3/h9-12H,6-8,13-20H2,1-5H3,(H2,25,26,27). The first kappa shape index (κ1) is 25.4. The smallest absolute Gasteiger partial charge is 0.191 e. The topological polar surface area (TPSA) is 61.4 Å². The van der Waals surface area contributed by atoms with E-state index in [2.05, 4.69) is 61.1 Å². The first-order valence-corrected chi connectivity index (χ1v) is 11.8. The van der Waals surface area contributed by atoms with Gasteiger partial charge in [0.1, 0.15) is 12.4 Å². The second-order valence-electron chi connectivity index (χ2n) is 8.44. The van der Waals surface area contributed by atoms with Gasteiger partial charge in [-0.2, -0.15) is 0 Å². The van der Waals surface area contributed by atoms with E-state index in [0.29, 0.717) is 13.2 Å². The quantitative estimate of drug-likeness (QED) is 0.390. The number of guanidine groups is 1. The zero-order valence-corrected chi connectivity index (χ0v) is 20.2. The van der Waals surface area contributed by atoms with E-state index in [0.717, 1.165) is 76.3 Å². The first-order chi connectivity index (χ1) is 15.0. The molecule has 0 bridgehead atoms. The Morgan fingerprint density at radius 3 is 2.52 bits per heavy atom. The van der Waals surface area contributed by atoms with Crippen LogP contribution in [0.1, 0.15) is 40.2 Å². The molecule has 0 aliphatic carbocycles. The lowest BCUT2D eigenvalue weighted by Crippen LogP contribution is -2.56. The second-order valence-corrected chi connectivity index (χ2v) is 8.44. The SMILES string of the molecule is CCNC(=NCc1ccccc1OCCN(CC)CC)NCC(C)(C)N1CCOCC1. The van der Waals surface area contributed by atoms with Crippen LogP contribution in [0.3, 0.4) is 0 Å². The van der Waals surface area contributed by atoms with E-state index >= 15 is 0 Å². The number of para-hydroxylation sites is 1. The highest BCUT2D eigenvalue weighted by Gasteiger charge is 2.28. The number of hydrogen-bond acceptors (Lipinski definition) is 5. The van der Waals surface area contributed by atoms with Gasteiger partial charge in [-0.1, -0.05) is 32.0 Å². The van der Waals surface area contributed by atoms with Crippen molar-refractivity contribution in [1.29, 1.82) is 0 Å². The van der Waals surface area contributed by atoms with Crippen molar-refractivity contribution in [1.82, 2.24) is 20.4 Å². The maximum absolute atomic E-state index is 6.09. The minimum atomic E-state index is 0.0332. The van der Waals surface area contributed by atoms with Crippen LogP contribution in [0, 0.1) is 0 Å². The van der Waals surface area contributed by atoms with Gasteiger partial charge in [0, 0.05) is 43.8 Å². The Morgan fingerprint density at radius 2 is 1.84 bits per heavy atom. The van der Waals surface area contributed by atoms with Gasteiger partial charge in [0.25, 0.3) is 0 Å². The Morgan fingerprint density at radius 1 is 1.13 bits per heavy atom. The molecule has 1 aliphatic rings. The lowest BCUT2D eigenvalue weighted by atomic mass is 10.0. The van der Waals surface area contributed by atoms with Crippen LogP contribution >= 0.6 is 0 Å². The number of aliphatic imine (C=N–C) groups is 1. The van der Waals surface area contributed by atoms with Crippen molar-refractivity contribution in [3.63, 3.8) is 0 Å². The van der Waals surface area contributed by atoms with Crippen molar-refractivity contribution in [3.05, 3.63) is 29.8 Å². The fraction of sp³-hybridized carbons (Fsp3) is 0.708. The third-order valence-electron chi connectivity index (χ3n) is 5.84. The van der Waals surface area contributed by atoms with Crippen LogP contribution in [-0.4, -0.2) is 86.9 Å². The summed E-state index contributed by atoms with van der Waals surface area (Å²) in [5.74, 6) is 1.75. The van der Waals surface area contributed by atoms with E-state index in [9.17, 15) is 0 Å². The lowest BCUT2D eigenvalue weighted by Gasteiger charge is -2.41. The number of nitrogens with zero attached hydrogens (tertiary/aromatic N) is 3. The van der Waals surface area contributed by atoms with Gasteiger partial charge in [0.15, 0.2) is 5.96 Å².